The van der Waals surface area contributed by atoms with Crippen molar-refractivity contribution in [3.63, 3.8) is 0 Å². The van der Waals surface area contributed by atoms with Gasteiger partial charge in [-0.3, -0.25) is 20.2 Å². The summed E-state index contributed by atoms with van der Waals surface area (Å²) in [6, 6.07) is 3.95. The van der Waals surface area contributed by atoms with Gasteiger partial charge in [-0.2, -0.15) is 5.26 Å². The Hall–Kier alpha value is -2.92. The topological polar surface area (TPSA) is 139 Å². The second kappa shape index (κ2) is 6.31. The number of benzene rings is 1. The van der Waals surface area contributed by atoms with Crippen molar-refractivity contribution in [2.45, 2.75) is 0 Å². The lowest BCUT2D eigenvalue weighted by Gasteiger charge is -2.01. The summed E-state index contributed by atoms with van der Waals surface area (Å²) in [6.45, 7) is 0. The maximum absolute atomic E-state index is 11.4. The molecule has 1 rings (SSSR count). The number of nitrogens with two attached hydrogens (primary N) is 1. The molecule has 1 aromatic rings. The van der Waals surface area contributed by atoms with E-state index in [0.29, 0.717) is 0 Å². The number of nitro benzene ring substituents is 1. The van der Waals surface area contributed by atoms with Crippen LogP contribution in [0.4, 0.5) is 10.5 Å². The van der Waals surface area contributed by atoms with Crippen LogP contribution in [0.15, 0.2) is 23.8 Å². The number of hydrogen-bond donors (Lipinski definition) is 2. The standard InChI is InChI=1S/C11H7ClN4O4/c12-9-2-1-8(16(19)20)4-6(9)3-7(5-13)10(17)15-11(14)18/h1-4H,(H3,14,15,17,18)/b7-3-. The Morgan fingerprint density at radius 2 is 2.15 bits per heavy atom. The monoisotopic (exact) mass is 294 g/mol. The first-order valence-corrected chi connectivity index (χ1v) is 5.39. The molecule has 0 radical (unpaired) electrons. The maximum Gasteiger partial charge on any atom is 0.319 e. The molecule has 3 N–H and O–H groups in total. The van der Waals surface area contributed by atoms with Crippen molar-refractivity contribution in [2.75, 3.05) is 0 Å². The lowest BCUT2D eigenvalue weighted by Crippen LogP contribution is -2.35. The van der Waals surface area contributed by atoms with Gasteiger partial charge in [-0.05, 0) is 12.1 Å². The molecule has 0 spiro atoms. The van der Waals surface area contributed by atoms with Gasteiger partial charge in [0.2, 0.25) is 0 Å². The van der Waals surface area contributed by atoms with Crippen LogP contribution in [0.3, 0.4) is 0 Å². The summed E-state index contributed by atoms with van der Waals surface area (Å²) in [5.74, 6) is -1.03. The molecule has 0 aromatic heterocycles. The molecule has 0 saturated heterocycles. The Bertz CT molecular complexity index is 663. The fourth-order valence-corrected chi connectivity index (χ4v) is 1.41. The zero-order valence-electron chi connectivity index (χ0n) is 9.79. The SMILES string of the molecule is N#C/C(=C/c1cc([N+](=O)[O-])ccc1Cl)C(=O)NC(N)=O. The molecule has 0 aliphatic rings. The van der Waals surface area contributed by atoms with Crippen LogP contribution in [0.5, 0.6) is 0 Å². The maximum atomic E-state index is 11.4. The summed E-state index contributed by atoms with van der Waals surface area (Å²) in [5, 5.41) is 21.3. The van der Waals surface area contributed by atoms with Gasteiger partial charge in [-0.15, -0.1) is 0 Å². The zero-order valence-corrected chi connectivity index (χ0v) is 10.5. The first-order valence-electron chi connectivity index (χ1n) is 5.01. The van der Waals surface area contributed by atoms with Gasteiger partial charge in [0.15, 0.2) is 0 Å². The van der Waals surface area contributed by atoms with Crippen LogP contribution in [0.2, 0.25) is 5.02 Å². The van der Waals surface area contributed by atoms with Gasteiger partial charge in [0.1, 0.15) is 11.6 Å². The van der Waals surface area contributed by atoms with Crippen molar-refractivity contribution in [1.82, 2.24) is 5.32 Å². The lowest BCUT2D eigenvalue weighted by atomic mass is 10.1. The summed E-state index contributed by atoms with van der Waals surface area (Å²) in [7, 11) is 0. The molecule has 0 heterocycles. The molecule has 9 heteroatoms. The third-order valence-corrected chi connectivity index (χ3v) is 2.44. The largest absolute Gasteiger partial charge is 0.351 e. The molecule has 0 bridgehead atoms. The number of halogens is 1. The molecule has 0 aliphatic heterocycles. The van der Waals surface area contributed by atoms with E-state index in [1.807, 2.05) is 0 Å². The second-order valence-corrected chi connectivity index (χ2v) is 3.86. The molecule has 0 atom stereocenters. The number of nitrogens with zero attached hydrogens (tertiary/aromatic N) is 2. The third kappa shape index (κ3) is 3.79. The van der Waals surface area contributed by atoms with E-state index in [0.717, 1.165) is 12.1 Å². The number of imide groups is 1. The molecule has 0 aliphatic carbocycles. The van der Waals surface area contributed by atoms with E-state index in [9.17, 15) is 19.7 Å². The first kappa shape index (κ1) is 15.1. The number of amides is 3. The highest BCUT2D eigenvalue weighted by molar-refractivity contribution is 6.32. The van der Waals surface area contributed by atoms with Gasteiger partial charge in [0, 0.05) is 22.7 Å². The molecule has 8 nitrogen and oxygen atoms in total. The minimum Gasteiger partial charge on any atom is -0.351 e. The smallest absolute Gasteiger partial charge is 0.319 e. The summed E-state index contributed by atoms with van der Waals surface area (Å²) in [5.41, 5.74) is 4.12. The van der Waals surface area contributed by atoms with E-state index >= 15 is 0 Å². The number of rotatable bonds is 3. The van der Waals surface area contributed by atoms with Gasteiger partial charge in [-0.1, -0.05) is 11.6 Å². The van der Waals surface area contributed by atoms with E-state index < -0.39 is 22.4 Å². The Kier molecular flexibility index (Phi) is 4.77. The number of nitrogens with one attached hydrogen (secondary N) is 1. The first-order chi connectivity index (χ1) is 9.35. The highest BCUT2D eigenvalue weighted by Crippen LogP contribution is 2.24. The average molecular weight is 295 g/mol. The van der Waals surface area contributed by atoms with Gasteiger partial charge in [-0.25, -0.2) is 4.79 Å². The van der Waals surface area contributed by atoms with Crippen LogP contribution in [0.1, 0.15) is 5.56 Å². The van der Waals surface area contributed by atoms with E-state index in [2.05, 4.69) is 0 Å². The number of hydrogen-bond acceptors (Lipinski definition) is 5. The van der Waals surface area contributed by atoms with Crippen LogP contribution in [0.25, 0.3) is 6.08 Å². The minimum absolute atomic E-state index is 0.0945. The van der Waals surface area contributed by atoms with Crippen molar-refractivity contribution in [3.8, 4) is 6.07 Å². The Morgan fingerprint density at radius 1 is 1.50 bits per heavy atom. The fraction of sp³-hybridized carbons (Fsp3) is 0. The summed E-state index contributed by atoms with van der Waals surface area (Å²) >= 11 is 5.81. The van der Waals surface area contributed by atoms with E-state index in [-0.39, 0.29) is 16.3 Å². The summed E-state index contributed by atoms with van der Waals surface area (Å²) in [6.07, 6.45) is 1.02. The van der Waals surface area contributed by atoms with Crippen molar-refractivity contribution >= 4 is 35.3 Å². The minimum atomic E-state index is -1.12. The highest BCUT2D eigenvalue weighted by atomic mass is 35.5. The molecule has 0 saturated carbocycles. The second-order valence-electron chi connectivity index (χ2n) is 3.45. The van der Waals surface area contributed by atoms with Crippen LogP contribution >= 0.6 is 11.6 Å². The van der Waals surface area contributed by atoms with Crippen LogP contribution in [0, 0.1) is 21.4 Å². The van der Waals surface area contributed by atoms with E-state index in [4.69, 9.17) is 22.6 Å². The number of non-ortho nitro benzene ring substituents is 1. The predicted octanol–water partition coefficient (Wildman–Crippen LogP) is 1.35. The quantitative estimate of drug-likeness (QED) is 0.375. The van der Waals surface area contributed by atoms with Gasteiger partial charge in [0.25, 0.3) is 11.6 Å². The number of nitro groups is 1. The van der Waals surface area contributed by atoms with Gasteiger partial charge < -0.3 is 5.73 Å². The van der Waals surface area contributed by atoms with Crippen LogP contribution in [-0.2, 0) is 4.79 Å². The molecular formula is C11H7ClN4O4. The number of urea groups is 1. The van der Waals surface area contributed by atoms with E-state index in [1.165, 1.54) is 12.1 Å². The highest BCUT2D eigenvalue weighted by Gasteiger charge is 2.14. The number of carbonyl (C=O) groups excluding carboxylic acids is 2. The number of primary amides is 1. The molecule has 0 fully saturated rings. The molecule has 20 heavy (non-hydrogen) atoms. The van der Waals surface area contributed by atoms with Crippen molar-refractivity contribution in [3.05, 3.63) is 44.5 Å². The van der Waals surface area contributed by atoms with Crippen LogP contribution < -0.4 is 11.1 Å². The summed E-state index contributed by atoms with van der Waals surface area (Å²) in [4.78, 5) is 32.0. The van der Waals surface area contributed by atoms with E-state index in [1.54, 1.807) is 11.4 Å². The summed E-state index contributed by atoms with van der Waals surface area (Å²) < 4.78 is 0. The molecule has 0 unspecified atom stereocenters. The number of nitriles is 1. The molecule has 102 valence electrons. The molecule has 1 aromatic carbocycles. The molecule has 3 amide bonds. The Morgan fingerprint density at radius 3 is 2.65 bits per heavy atom. The zero-order chi connectivity index (χ0) is 15.3. The van der Waals surface area contributed by atoms with Gasteiger partial charge in [0.05, 0.1) is 4.92 Å². The van der Waals surface area contributed by atoms with Crippen molar-refractivity contribution in [2.24, 2.45) is 5.73 Å². The Labute approximate surface area is 117 Å². The number of carbonyl (C=O) groups is 2. The van der Waals surface area contributed by atoms with Crippen LogP contribution in [-0.4, -0.2) is 16.9 Å². The normalized spacial score (nSPS) is 10.5. The predicted molar refractivity (Wildman–Crippen MR) is 69.4 cm³/mol. The third-order valence-electron chi connectivity index (χ3n) is 2.09. The Balaban J connectivity index is 3.22. The van der Waals surface area contributed by atoms with Crippen molar-refractivity contribution < 1.29 is 14.5 Å². The lowest BCUT2D eigenvalue weighted by molar-refractivity contribution is -0.384. The van der Waals surface area contributed by atoms with Gasteiger partial charge >= 0.3 is 6.03 Å². The van der Waals surface area contributed by atoms with Crippen molar-refractivity contribution in [1.29, 1.82) is 5.26 Å². The fourth-order valence-electron chi connectivity index (χ4n) is 1.24. The molecular weight excluding hydrogens is 288 g/mol. The average Bonchev–Trinajstić information content (AvgIpc) is 2.36.